The second-order valence-electron chi connectivity index (χ2n) is 5.72. The quantitative estimate of drug-likeness (QED) is 0.669. The maximum Gasteiger partial charge on any atom is 0.239 e. The fraction of sp³-hybridized carbons (Fsp3) is 0.857. The minimum absolute atomic E-state index is 0.0128. The van der Waals surface area contributed by atoms with Crippen LogP contribution in [0.3, 0.4) is 0 Å². The van der Waals surface area contributed by atoms with Gasteiger partial charge < -0.3 is 16.0 Å². The molecule has 0 saturated carbocycles. The van der Waals surface area contributed by atoms with Crippen molar-refractivity contribution in [2.45, 2.75) is 32.7 Å². The molecule has 1 aliphatic heterocycles. The van der Waals surface area contributed by atoms with Crippen molar-refractivity contribution in [2.75, 3.05) is 39.8 Å². The second-order valence-corrected chi connectivity index (χ2v) is 5.72. The van der Waals surface area contributed by atoms with Crippen LogP contribution in [-0.2, 0) is 9.59 Å². The predicted molar refractivity (Wildman–Crippen MR) is 79.1 cm³/mol. The topological polar surface area (TPSA) is 78.7 Å². The number of likely N-dealkylation sites (tertiary alicyclic amines) is 1. The molecule has 2 atom stereocenters. The lowest BCUT2D eigenvalue weighted by molar-refractivity contribution is -0.135. The van der Waals surface area contributed by atoms with Gasteiger partial charge in [-0.1, -0.05) is 6.92 Å². The van der Waals surface area contributed by atoms with Crippen molar-refractivity contribution in [3.8, 4) is 0 Å². The monoisotopic (exact) mass is 284 g/mol. The van der Waals surface area contributed by atoms with Gasteiger partial charge in [-0.25, -0.2) is 0 Å². The van der Waals surface area contributed by atoms with Gasteiger partial charge >= 0.3 is 0 Å². The fourth-order valence-corrected chi connectivity index (χ4v) is 2.53. The average molecular weight is 284 g/mol. The maximum atomic E-state index is 12.1. The lowest BCUT2D eigenvalue weighted by Gasteiger charge is -2.24. The van der Waals surface area contributed by atoms with E-state index in [2.05, 4.69) is 17.1 Å². The molecule has 1 heterocycles. The molecular weight excluding hydrogens is 256 g/mol. The van der Waals surface area contributed by atoms with Crippen LogP contribution in [-0.4, -0.2) is 67.4 Å². The van der Waals surface area contributed by atoms with E-state index in [1.807, 2.05) is 6.92 Å². The van der Waals surface area contributed by atoms with Gasteiger partial charge in [-0.3, -0.25) is 14.5 Å². The van der Waals surface area contributed by atoms with E-state index in [0.29, 0.717) is 31.6 Å². The molecule has 2 amide bonds. The molecular formula is C14H28N4O2. The summed E-state index contributed by atoms with van der Waals surface area (Å²) in [5.41, 5.74) is 5.69. The van der Waals surface area contributed by atoms with Crippen LogP contribution in [0.5, 0.6) is 0 Å². The number of hydrogen-bond acceptors (Lipinski definition) is 4. The Labute approximate surface area is 121 Å². The SMILES string of the molecule is CCCNC(=O)CN(C)C(=O)CN1CC(CN)CC1C. The van der Waals surface area contributed by atoms with Crippen LogP contribution in [0.1, 0.15) is 26.7 Å². The van der Waals surface area contributed by atoms with Crippen LogP contribution >= 0.6 is 0 Å². The van der Waals surface area contributed by atoms with Gasteiger partial charge in [0.25, 0.3) is 0 Å². The van der Waals surface area contributed by atoms with E-state index in [-0.39, 0.29) is 18.4 Å². The van der Waals surface area contributed by atoms with Crippen LogP contribution < -0.4 is 11.1 Å². The largest absolute Gasteiger partial charge is 0.355 e. The standard InChI is InChI=1S/C14H28N4O2/c1-4-5-16-13(19)9-17(3)14(20)10-18-8-12(7-15)6-11(18)2/h11-12H,4-10,15H2,1-3H3,(H,16,19). The third kappa shape index (κ3) is 5.09. The normalized spacial score (nSPS) is 22.8. The van der Waals surface area contributed by atoms with Crippen molar-refractivity contribution in [3.05, 3.63) is 0 Å². The van der Waals surface area contributed by atoms with Crippen LogP contribution in [0.25, 0.3) is 0 Å². The third-order valence-corrected chi connectivity index (χ3v) is 3.84. The number of nitrogens with zero attached hydrogens (tertiary/aromatic N) is 2. The number of rotatable bonds is 7. The fourth-order valence-electron chi connectivity index (χ4n) is 2.53. The molecule has 2 unspecified atom stereocenters. The molecule has 0 aromatic carbocycles. The Bertz CT molecular complexity index is 335. The van der Waals surface area contributed by atoms with Crippen LogP contribution in [0.2, 0.25) is 0 Å². The number of nitrogens with one attached hydrogen (secondary N) is 1. The molecule has 0 aromatic rings. The number of carbonyl (C=O) groups is 2. The zero-order valence-corrected chi connectivity index (χ0v) is 12.9. The molecule has 0 radical (unpaired) electrons. The lowest BCUT2D eigenvalue weighted by atomic mass is 10.1. The highest BCUT2D eigenvalue weighted by molar-refractivity contribution is 5.85. The number of nitrogens with two attached hydrogens (primary N) is 1. The molecule has 0 aliphatic carbocycles. The zero-order chi connectivity index (χ0) is 15.1. The molecule has 0 aromatic heterocycles. The van der Waals surface area contributed by atoms with E-state index in [4.69, 9.17) is 5.73 Å². The predicted octanol–water partition coefficient (Wildman–Crippen LogP) is -0.360. The minimum atomic E-state index is -0.1000. The van der Waals surface area contributed by atoms with Crippen LogP contribution in [0, 0.1) is 5.92 Å². The Kier molecular flexibility index (Phi) is 6.95. The van der Waals surface area contributed by atoms with Crippen molar-refractivity contribution in [1.82, 2.24) is 15.1 Å². The lowest BCUT2D eigenvalue weighted by Crippen LogP contribution is -2.44. The molecule has 1 fully saturated rings. The smallest absolute Gasteiger partial charge is 0.239 e. The molecule has 116 valence electrons. The first-order valence-electron chi connectivity index (χ1n) is 7.42. The van der Waals surface area contributed by atoms with E-state index >= 15 is 0 Å². The Morgan fingerprint density at radius 2 is 2.15 bits per heavy atom. The number of likely N-dealkylation sites (N-methyl/N-ethyl adjacent to an activating group) is 1. The summed E-state index contributed by atoms with van der Waals surface area (Å²) in [5, 5.41) is 2.77. The Balaban J connectivity index is 2.36. The van der Waals surface area contributed by atoms with Crippen molar-refractivity contribution < 1.29 is 9.59 Å². The summed E-state index contributed by atoms with van der Waals surface area (Å²) in [4.78, 5) is 27.4. The number of hydrogen-bond donors (Lipinski definition) is 2. The summed E-state index contributed by atoms with van der Waals surface area (Å²) in [6.07, 6.45) is 1.94. The van der Waals surface area contributed by atoms with Gasteiger partial charge in [0.05, 0.1) is 13.1 Å². The van der Waals surface area contributed by atoms with Crippen molar-refractivity contribution >= 4 is 11.8 Å². The molecule has 0 bridgehead atoms. The van der Waals surface area contributed by atoms with Crippen molar-refractivity contribution in [3.63, 3.8) is 0 Å². The highest BCUT2D eigenvalue weighted by Crippen LogP contribution is 2.21. The molecule has 20 heavy (non-hydrogen) atoms. The average Bonchev–Trinajstić information content (AvgIpc) is 2.77. The van der Waals surface area contributed by atoms with Gasteiger partial charge in [0.15, 0.2) is 0 Å². The van der Waals surface area contributed by atoms with Gasteiger partial charge in [-0.2, -0.15) is 0 Å². The highest BCUT2D eigenvalue weighted by Gasteiger charge is 2.30. The van der Waals surface area contributed by atoms with E-state index in [1.165, 1.54) is 4.90 Å². The first kappa shape index (κ1) is 16.9. The van der Waals surface area contributed by atoms with E-state index < -0.39 is 0 Å². The van der Waals surface area contributed by atoms with Gasteiger partial charge in [0, 0.05) is 26.2 Å². The molecule has 1 aliphatic rings. The van der Waals surface area contributed by atoms with Crippen LogP contribution in [0.15, 0.2) is 0 Å². The van der Waals surface area contributed by atoms with Crippen molar-refractivity contribution in [1.29, 1.82) is 0 Å². The van der Waals surface area contributed by atoms with Crippen molar-refractivity contribution in [2.24, 2.45) is 11.7 Å². The molecule has 6 nitrogen and oxygen atoms in total. The zero-order valence-electron chi connectivity index (χ0n) is 12.9. The molecule has 3 N–H and O–H groups in total. The Hall–Kier alpha value is -1.14. The minimum Gasteiger partial charge on any atom is -0.355 e. The molecule has 1 saturated heterocycles. The molecule has 6 heteroatoms. The summed E-state index contributed by atoms with van der Waals surface area (Å²) in [6.45, 7) is 6.82. The van der Waals surface area contributed by atoms with E-state index in [9.17, 15) is 9.59 Å². The molecule has 0 spiro atoms. The highest BCUT2D eigenvalue weighted by atomic mass is 16.2. The third-order valence-electron chi connectivity index (χ3n) is 3.84. The van der Waals surface area contributed by atoms with Crippen LogP contribution in [0.4, 0.5) is 0 Å². The van der Waals surface area contributed by atoms with Gasteiger partial charge in [0.1, 0.15) is 0 Å². The van der Waals surface area contributed by atoms with Gasteiger partial charge in [0.2, 0.25) is 11.8 Å². The first-order valence-corrected chi connectivity index (χ1v) is 7.42. The summed E-state index contributed by atoms with van der Waals surface area (Å²) in [6, 6.07) is 0.384. The first-order chi connectivity index (χ1) is 9.47. The summed E-state index contributed by atoms with van der Waals surface area (Å²) in [5.74, 6) is 0.370. The molecule has 1 rings (SSSR count). The summed E-state index contributed by atoms with van der Waals surface area (Å²) in [7, 11) is 1.68. The summed E-state index contributed by atoms with van der Waals surface area (Å²) >= 11 is 0. The summed E-state index contributed by atoms with van der Waals surface area (Å²) < 4.78 is 0. The maximum absolute atomic E-state index is 12.1. The van der Waals surface area contributed by atoms with Gasteiger partial charge in [-0.05, 0) is 32.2 Å². The number of amides is 2. The number of carbonyl (C=O) groups excluding carboxylic acids is 2. The second kappa shape index (κ2) is 8.21. The van der Waals surface area contributed by atoms with E-state index in [1.54, 1.807) is 7.05 Å². The Morgan fingerprint density at radius 3 is 2.70 bits per heavy atom. The van der Waals surface area contributed by atoms with E-state index in [0.717, 1.165) is 19.4 Å². The Morgan fingerprint density at radius 1 is 1.45 bits per heavy atom. The van der Waals surface area contributed by atoms with Gasteiger partial charge in [-0.15, -0.1) is 0 Å².